The number of aromatic amines is 1. The molecule has 0 unspecified atom stereocenters. The number of H-pyrrole nitrogens is 1. The first-order valence-corrected chi connectivity index (χ1v) is 6.75. The fraction of sp³-hybridized carbons (Fsp3) is 0. The minimum absolute atomic E-state index is 0.225. The van der Waals surface area contributed by atoms with Gasteiger partial charge in [0, 0.05) is 11.1 Å². The molecule has 0 bridgehead atoms. The van der Waals surface area contributed by atoms with Gasteiger partial charge in [-0.1, -0.05) is 48.5 Å². The lowest BCUT2D eigenvalue weighted by Gasteiger charge is -2.03. The molecule has 0 spiro atoms. The van der Waals surface area contributed by atoms with Gasteiger partial charge in [-0.15, -0.1) is 0 Å². The normalized spacial score (nSPS) is 10.2. The molecule has 3 rings (SSSR count). The smallest absolute Gasteiger partial charge is 0.256 e. The number of aromatic nitrogens is 2. The Hall–Kier alpha value is -3.21. The summed E-state index contributed by atoms with van der Waals surface area (Å²) in [5.41, 5.74) is 2.25. The molecular formula is C17H13N3O2. The fourth-order valence-corrected chi connectivity index (χ4v) is 2.15. The second kappa shape index (κ2) is 6.05. The van der Waals surface area contributed by atoms with Gasteiger partial charge in [0.25, 0.3) is 5.91 Å². The average molecular weight is 291 g/mol. The third kappa shape index (κ3) is 2.64. The number of carbonyl (C=O) groups excluding carboxylic acids is 2. The third-order valence-electron chi connectivity index (χ3n) is 3.25. The minimum atomic E-state index is -0.310. The first-order valence-electron chi connectivity index (χ1n) is 6.75. The Balaban J connectivity index is 1.91. The van der Waals surface area contributed by atoms with Crippen LogP contribution in [0, 0.1) is 0 Å². The van der Waals surface area contributed by atoms with E-state index in [0.29, 0.717) is 23.1 Å². The van der Waals surface area contributed by atoms with Crippen molar-refractivity contribution in [1.82, 2.24) is 10.2 Å². The first-order chi connectivity index (χ1) is 10.8. The Morgan fingerprint density at radius 2 is 1.64 bits per heavy atom. The summed E-state index contributed by atoms with van der Waals surface area (Å²) in [7, 11) is 0. The average Bonchev–Trinajstić information content (AvgIpc) is 2.99. The van der Waals surface area contributed by atoms with Crippen molar-refractivity contribution in [3.05, 3.63) is 71.8 Å². The third-order valence-corrected chi connectivity index (χ3v) is 3.25. The van der Waals surface area contributed by atoms with Gasteiger partial charge in [0.2, 0.25) is 0 Å². The Labute approximate surface area is 127 Å². The SMILES string of the molecule is O=Cc1c(NC(=O)c2ccccc2)n[nH]c1-c1ccccc1. The second-order valence-corrected chi connectivity index (χ2v) is 4.66. The van der Waals surface area contributed by atoms with Gasteiger partial charge in [0.05, 0.1) is 11.3 Å². The molecule has 0 radical (unpaired) electrons. The molecule has 3 aromatic rings. The Bertz CT molecular complexity index is 795. The maximum Gasteiger partial charge on any atom is 0.256 e. The van der Waals surface area contributed by atoms with Crippen molar-refractivity contribution in [2.45, 2.75) is 0 Å². The monoisotopic (exact) mass is 291 g/mol. The van der Waals surface area contributed by atoms with Crippen LogP contribution in [0.25, 0.3) is 11.3 Å². The zero-order valence-electron chi connectivity index (χ0n) is 11.6. The first kappa shape index (κ1) is 13.8. The summed E-state index contributed by atoms with van der Waals surface area (Å²) in [6, 6.07) is 18.1. The quantitative estimate of drug-likeness (QED) is 0.725. The number of benzene rings is 2. The predicted octanol–water partition coefficient (Wildman–Crippen LogP) is 3.14. The van der Waals surface area contributed by atoms with Gasteiger partial charge in [0.1, 0.15) is 0 Å². The highest BCUT2D eigenvalue weighted by molar-refractivity contribution is 6.06. The molecule has 22 heavy (non-hydrogen) atoms. The maximum atomic E-state index is 12.1. The van der Waals surface area contributed by atoms with E-state index in [-0.39, 0.29) is 11.7 Å². The largest absolute Gasteiger partial charge is 0.304 e. The summed E-state index contributed by atoms with van der Waals surface area (Å²) in [6.45, 7) is 0. The molecule has 0 aliphatic carbocycles. The fourth-order valence-electron chi connectivity index (χ4n) is 2.15. The number of hydrogen-bond donors (Lipinski definition) is 2. The van der Waals surface area contributed by atoms with Crippen LogP contribution in [-0.4, -0.2) is 22.4 Å². The summed E-state index contributed by atoms with van der Waals surface area (Å²) >= 11 is 0. The van der Waals surface area contributed by atoms with E-state index < -0.39 is 0 Å². The van der Waals surface area contributed by atoms with Crippen LogP contribution in [0.3, 0.4) is 0 Å². The highest BCUT2D eigenvalue weighted by Crippen LogP contribution is 2.25. The Morgan fingerprint density at radius 1 is 1.00 bits per heavy atom. The van der Waals surface area contributed by atoms with Crippen molar-refractivity contribution in [3.8, 4) is 11.3 Å². The maximum absolute atomic E-state index is 12.1. The number of hydrogen-bond acceptors (Lipinski definition) is 3. The number of aldehydes is 1. The number of amides is 1. The molecule has 108 valence electrons. The molecule has 1 heterocycles. The van der Waals surface area contributed by atoms with Crippen LogP contribution in [0.2, 0.25) is 0 Å². The van der Waals surface area contributed by atoms with E-state index in [4.69, 9.17) is 0 Å². The molecule has 0 saturated heterocycles. The van der Waals surface area contributed by atoms with Crippen molar-refractivity contribution >= 4 is 18.0 Å². The van der Waals surface area contributed by atoms with Gasteiger partial charge in [-0.2, -0.15) is 5.10 Å². The zero-order valence-corrected chi connectivity index (χ0v) is 11.6. The van der Waals surface area contributed by atoms with Crippen molar-refractivity contribution < 1.29 is 9.59 Å². The van der Waals surface area contributed by atoms with Crippen LogP contribution in [0.4, 0.5) is 5.82 Å². The lowest BCUT2D eigenvalue weighted by molar-refractivity contribution is 0.102. The number of anilines is 1. The topological polar surface area (TPSA) is 74.8 Å². The number of nitrogens with one attached hydrogen (secondary N) is 2. The molecule has 0 fully saturated rings. The summed E-state index contributed by atoms with van der Waals surface area (Å²) in [4.78, 5) is 23.5. The predicted molar refractivity (Wildman–Crippen MR) is 83.8 cm³/mol. The van der Waals surface area contributed by atoms with Crippen LogP contribution in [-0.2, 0) is 0 Å². The molecule has 2 aromatic carbocycles. The van der Waals surface area contributed by atoms with Crippen LogP contribution < -0.4 is 5.32 Å². The zero-order chi connectivity index (χ0) is 15.4. The number of rotatable bonds is 4. The van der Waals surface area contributed by atoms with Crippen LogP contribution in [0.5, 0.6) is 0 Å². The van der Waals surface area contributed by atoms with Gasteiger partial charge < -0.3 is 5.32 Å². The molecule has 0 aliphatic heterocycles. The lowest BCUT2D eigenvalue weighted by Crippen LogP contribution is -2.13. The molecule has 0 aliphatic rings. The molecule has 5 heteroatoms. The molecule has 2 N–H and O–H groups in total. The highest BCUT2D eigenvalue weighted by atomic mass is 16.1. The van der Waals surface area contributed by atoms with Crippen molar-refractivity contribution in [3.63, 3.8) is 0 Å². The standard InChI is InChI=1S/C17H13N3O2/c21-11-14-15(12-7-3-1-4-8-12)19-20-16(14)18-17(22)13-9-5-2-6-10-13/h1-11H,(H2,18,19,20,22). The van der Waals surface area contributed by atoms with E-state index in [1.54, 1.807) is 24.3 Å². The summed E-state index contributed by atoms with van der Waals surface area (Å²) in [5, 5.41) is 9.50. The Kier molecular flexibility index (Phi) is 3.78. The van der Waals surface area contributed by atoms with Crippen LogP contribution in [0.1, 0.15) is 20.7 Å². The molecular weight excluding hydrogens is 278 g/mol. The van der Waals surface area contributed by atoms with Gasteiger partial charge >= 0.3 is 0 Å². The van der Waals surface area contributed by atoms with Gasteiger partial charge in [-0.3, -0.25) is 14.7 Å². The van der Waals surface area contributed by atoms with Crippen LogP contribution in [0.15, 0.2) is 60.7 Å². The van der Waals surface area contributed by atoms with E-state index >= 15 is 0 Å². The van der Waals surface area contributed by atoms with E-state index in [1.807, 2.05) is 36.4 Å². The van der Waals surface area contributed by atoms with Gasteiger partial charge in [-0.05, 0) is 12.1 Å². The molecule has 0 atom stereocenters. The molecule has 1 amide bonds. The number of carbonyl (C=O) groups is 2. The van der Waals surface area contributed by atoms with Gasteiger partial charge in [0.15, 0.2) is 12.1 Å². The van der Waals surface area contributed by atoms with Crippen LogP contribution >= 0.6 is 0 Å². The minimum Gasteiger partial charge on any atom is -0.304 e. The van der Waals surface area contributed by atoms with Crippen molar-refractivity contribution in [1.29, 1.82) is 0 Å². The highest BCUT2D eigenvalue weighted by Gasteiger charge is 2.16. The lowest BCUT2D eigenvalue weighted by atomic mass is 10.1. The van der Waals surface area contributed by atoms with Gasteiger partial charge in [-0.25, -0.2) is 0 Å². The summed E-state index contributed by atoms with van der Waals surface area (Å²) < 4.78 is 0. The summed E-state index contributed by atoms with van der Waals surface area (Å²) in [5.74, 6) is -0.0856. The van der Waals surface area contributed by atoms with E-state index in [1.165, 1.54) is 0 Å². The molecule has 0 saturated carbocycles. The Morgan fingerprint density at radius 3 is 2.27 bits per heavy atom. The summed E-state index contributed by atoms with van der Waals surface area (Å²) in [6.07, 6.45) is 0.687. The second-order valence-electron chi connectivity index (χ2n) is 4.66. The van der Waals surface area contributed by atoms with E-state index in [9.17, 15) is 9.59 Å². The van der Waals surface area contributed by atoms with E-state index in [2.05, 4.69) is 15.5 Å². The van der Waals surface area contributed by atoms with Crippen molar-refractivity contribution in [2.75, 3.05) is 5.32 Å². The molecule has 5 nitrogen and oxygen atoms in total. The molecule has 1 aromatic heterocycles. The number of nitrogens with zero attached hydrogens (tertiary/aromatic N) is 1. The van der Waals surface area contributed by atoms with E-state index in [0.717, 1.165) is 5.56 Å². The van der Waals surface area contributed by atoms with Crippen molar-refractivity contribution in [2.24, 2.45) is 0 Å².